The largest absolute Gasteiger partial charge is 0.465 e. The molecule has 0 aromatic rings. The summed E-state index contributed by atoms with van der Waals surface area (Å²) < 4.78 is 4.63. The monoisotopic (exact) mass is 125 g/mol. The molecule has 1 heterocycles. The zero-order valence-electron chi connectivity index (χ0n) is 4.96. The molecule has 1 rings (SSSR count). The number of esters is 1. The van der Waals surface area contributed by atoms with Gasteiger partial charge in [-0.15, -0.1) is 0 Å². The number of hydrogen-bond donors (Lipinski definition) is 0. The third-order valence-electron chi connectivity index (χ3n) is 1.38. The topological polar surface area (TPSA) is 50.1 Å². The number of hydrogen-bond acceptors (Lipinski definition) is 3. The summed E-state index contributed by atoms with van der Waals surface area (Å²) in [4.78, 5) is 10.6. The molecule has 1 saturated heterocycles. The molecule has 1 unspecified atom stereocenters. The molecule has 0 radical (unpaired) electrons. The van der Waals surface area contributed by atoms with Crippen molar-refractivity contribution in [3.05, 3.63) is 0 Å². The number of nitriles is 1. The first-order valence-corrected chi connectivity index (χ1v) is 2.88. The molecular weight excluding hydrogens is 118 g/mol. The summed E-state index contributed by atoms with van der Waals surface area (Å²) >= 11 is 0. The van der Waals surface area contributed by atoms with E-state index in [0.29, 0.717) is 19.4 Å². The number of cyclic esters (lactones) is 1. The highest BCUT2D eigenvalue weighted by Crippen LogP contribution is 2.16. The molecule has 0 aromatic heterocycles. The highest BCUT2D eigenvalue weighted by molar-refractivity contribution is 5.74. The van der Waals surface area contributed by atoms with E-state index in [-0.39, 0.29) is 11.9 Å². The fourth-order valence-corrected chi connectivity index (χ4v) is 0.833. The summed E-state index contributed by atoms with van der Waals surface area (Å²) in [6.45, 7) is 0.491. The number of carbonyl (C=O) groups excluding carboxylic acids is 1. The van der Waals surface area contributed by atoms with Crippen LogP contribution < -0.4 is 0 Å². The summed E-state index contributed by atoms with van der Waals surface area (Å²) in [5.74, 6) is -0.355. The lowest BCUT2D eigenvalue weighted by Gasteiger charge is -1.93. The first-order chi connectivity index (χ1) is 4.34. The predicted molar refractivity (Wildman–Crippen MR) is 29.3 cm³/mol. The highest BCUT2D eigenvalue weighted by Gasteiger charge is 2.25. The minimum Gasteiger partial charge on any atom is -0.465 e. The van der Waals surface area contributed by atoms with Crippen molar-refractivity contribution in [2.24, 2.45) is 5.92 Å². The predicted octanol–water partition coefficient (Wildman–Crippen LogP) is 0.463. The lowest BCUT2D eigenvalue weighted by molar-refractivity contribution is -0.141. The van der Waals surface area contributed by atoms with Gasteiger partial charge in [0.15, 0.2) is 0 Å². The Bertz CT molecular complexity index is 159. The zero-order valence-corrected chi connectivity index (χ0v) is 4.96. The maximum Gasteiger partial charge on any atom is 0.310 e. The van der Waals surface area contributed by atoms with Gasteiger partial charge >= 0.3 is 5.97 Å². The molecule has 0 amide bonds. The van der Waals surface area contributed by atoms with Gasteiger partial charge in [-0.3, -0.25) is 4.79 Å². The Morgan fingerprint density at radius 2 is 2.67 bits per heavy atom. The van der Waals surface area contributed by atoms with E-state index in [1.807, 2.05) is 6.07 Å². The van der Waals surface area contributed by atoms with Gasteiger partial charge in [-0.25, -0.2) is 0 Å². The first kappa shape index (κ1) is 6.09. The van der Waals surface area contributed by atoms with Crippen LogP contribution in [-0.4, -0.2) is 12.6 Å². The van der Waals surface area contributed by atoms with Crippen molar-refractivity contribution in [1.82, 2.24) is 0 Å². The van der Waals surface area contributed by atoms with Crippen molar-refractivity contribution >= 4 is 5.97 Å². The van der Waals surface area contributed by atoms with Crippen LogP contribution in [0.1, 0.15) is 12.8 Å². The van der Waals surface area contributed by atoms with E-state index in [4.69, 9.17) is 5.26 Å². The summed E-state index contributed by atoms with van der Waals surface area (Å²) in [5, 5.41) is 8.19. The number of nitrogens with zero attached hydrogens (tertiary/aromatic N) is 1. The summed E-state index contributed by atoms with van der Waals surface area (Å²) in [6.07, 6.45) is 1.02. The molecule has 0 aliphatic carbocycles. The van der Waals surface area contributed by atoms with E-state index in [1.54, 1.807) is 0 Å². The Kier molecular flexibility index (Phi) is 1.69. The summed E-state index contributed by atoms with van der Waals surface area (Å²) in [6, 6.07) is 1.94. The first-order valence-electron chi connectivity index (χ1n) is 2.88. The van der Waals surface area contributed by atoms with Gasteiger partial charge in [-0.2, -0.15) is 5.26 Å². The second-order valence-corrected chi connectivity index (χ2v) is 2.02. The van der Waals surface area contributed by atoms with E-state index in [2.05, 4.69) is 4.74 Å². The molecular formula is C6H7NO2. The van der Waals surface area contributed by atoms with Gasteiger partial charge in [0.2, 0.25) is 0 Å². The molecule has 0 N–H and O–H groups in total. The van der Waals surface area contributed by atoms with Crippen LogP contribution in [0.4, 0.5) is 0 Å². The SMILES string of the molecule is N#CCC1CCOC1=O. The van der Waals surface area contributed by atoms with Crippen molar-refractivity contribution < 1.29 is 9.53 Å². The van der Waals surface area contributed by atoms with Crippen LogP contribution >= 0.6 is 0 Å². The zero-order chi connectivity index (χ0) is 6.69. The van der Waals surface area contributed by atoms with Crippen molar-refractivity contribution in [1.29, 1.82) is 5.26 Å². The molecule has 1 atom stereocenters. The number of carbonyl (C=O) groups is 1. The molecule has 0 bridgehead atoms. The fourth-order valence-electron chi connectivity index (χ4n) is 0.833. The highest BCUT2D eigenvalue weighted by atomic mass is 16.5. The minimum atomic E-state index is -0.212. The quantitative estimate of drug-likeness (QED) is 0.478. The average molecular weight is 125 g/mol. The van der Waals surface area contributed by atoms with Crippen LogP contribution in [0.2, 0.25) is 0 Å². The lowest BCUT2D eigenvalue weighted by atomic mass is 10.1. The van der Waals surface area contributed by atoms with Crippen LogP contribution in [0.5, 0.6) is 0 Å². The Labute approximate surface area is 53.2 Å². The smallest absolute Gasteiger partial charge is 0.310 e. The molecule has 9 heavy (non-hydrogen) atoms. The molecule has 1 fully saturated rings. The molecule has 0 saturated carbocycles. The molecule has 1 aliphatic rings. The third kappa shape index (κ3) is 1.20. The van der Waals surface area contributed by atoms with Crippen LogP contribution in [-0.2, 0) is 9.53 Å². The van der Waals surface area contributed by atoms with Gasteiger partial charge in [0, 0.05) is 6.42 Å². The van der Waals surface area contributed by atoms with Gasteiger partial charge in [-0.05, 0) is 6.42 Å². The van der Waals surface area contributed by atoms with Gasteiger partial charge < -0.3 is 4.74 Å². The van der Waals surface area contributed by atoms with E-state index in [1.165, 1.54) is 0 Å². The Morgan fingerprint density at radius 3 is 3.11 bits per heavy atom. The normalized spacial score (nSPS) is 25.2. The van der Waals surface area contributed by atoms with Gasteiger partial charge in [-0.1, -0.05) is 0 Å². The van der Waals surface area contributed by atoms with Crippen molar-refractivity contribution in [2.75, 3.05) is 6.61 Å². The van der Waals surface area contributed by atoms with Gasteiger partial charge in [0.05, 0.1) is 18.6 Å². The van der Waals surface area contributed by atoms with Crippen LogP contribution in [0.15, 0.2) is 0 Å². The fraction of sp³-hybridized carbons (Fsp3) is 0.667. The number of rotatable bonds is 1. The average Bonchev–Trinajstić information content (AvgIpc) is 2.18. The maximum absolute atomic E-state index is 10.6. The van der Waals surface area contributed by atoms with Crippen LogP contribution in [0.3, 0.4) is 0 Å². The van der Waals surface area contributed by atoms with Crippen LogP contribution in [0.25, 0.3) is 0 Å². The Hall–Kier alpha value is -1.04. The molecule has 3 heteroatoms. The second kappa shape index (κ2) is 2.49. The van der Waals surface area contributed by atoms with Crippen molar-refractivity contribution in [3.8, 4) is 6.07 Å². The molecule has 1 aliphatic heterocycles. The Morgan fingerprint density at radius 1 is 1.89 bits per heavy atom. The number of ether oxygens (including phenoxy) is 1. The summed E-state index contributed by atoms with van der Waals surface area (Å²) in [7, 11) is 0. The maximum atomic E-state index is 10.6. The Balaban J connectivity index is 2.42. The minimum absolute atomic E-state index is 0.144. The summed E-state index contributed by atoms with van der Waals surface area (Å²) in [5.41, 5.74) is 0. The van der Waals surface area contributed by atoms with E-state index in [0.717, 1.165) is 0 Å². The third-order valence-corrected chi connectivity index (χ3v) is 1.38. The van der Waals surface area contributed by atoms with Gasteiger partial charge in [0.1, 0.15) is 0 Å². The second-order valence-electron chi connectivity index (χ2n) is 2.02. The molecule has 0 aromatic carbocycles. The van der Waals surface area contributed by atoms with E-state index in [9.17, 15) is 4.79 Å². The van der Waals surface area contributed by atoms with E-state index >= 15 is 0 Å². The van der Waals surface area contributed by atoms with Crippen molar-refractivity contribution in [2.45, 2.75) is 12.8 Å². The molecule has 48 valence electrons. The standard InChI is InChI=1S/C6H7NO2/c7-3-1-5-2-4-9-6(5)8/h5H,1-2,4H2. The van der Waals surface area contributed by atoms with Crippen molar-refractivity contribution in [3.63, 3.8) is 0 Å². The molecule has 0 spiro atoms. The van der Waals surface area contributed by atoms with E-state index < -0.39 is 0 Å². The molecule has 3 nitrogen and oxygen atoms in total. The van der Waals surface area contributed by atoms with Crippen LogP contribution in [0, 0.1) is 17.2 Å². The lowest BCUT2D eigenvalue weighted by Crippen LogP contribution is -2.05. The van der Waals surface area contributed by atoms with Gasteiger partial charge in [0.25, 0.3) is 0 Å².